The van der Waals surface area contributed by atoms with E-state index in [1.807, 2.05) is 68.0 Å². The van der Waals surface area contributed by atoms with Crippen LogP contribution in [0.1, 0.15) is 284 Å². The summed E-state index contributed by atoms with van der Waals surface area (Å²) < 4.78 is 5.20. The van der Waals surface area contributed by atoms with Gasteiger partial charge in [-0.3, -0.25) is 0 Å². The minimum atomic E-state index is -0.0802. The molecule has 0 bridgehead atoms. The molecule has 8 heteroatoms. The summed E-state index contributed by atoms with van der Waals surface area (Å²) >= 11 is 11.7. The second-order valence-electron chi connectivity index (χ2n) is 40.0. The molecule has 2 nitrogen and oxygen atoms in total. The van der Waals surface area contributed by atoms with Gasteiger partial charge in [0.15, 0.2) is 0 Å². The van der Waals surface area contributed by atoms with E-state index in [2.05, 4.69) is 338 Å². The summed E-state index contributed by atoms with van der Waals surface area (Å²) in [7, 11) is 0. The largest absolute Gasteiger partial charge is 0.309 e. The number of aromatic nitrogens is 2. The van der Waals surface area contributed by atoms with Crippen LogP contribution in [0.15, 0.2) is 218 Å². The SMILES string of the molecule is CCCCCCC1(CCCCCC)c2cc(-c3ccc(-c4ccc(-c5ccc(-c6ccc(-c7ccc(-c8ccc(-c9ccc%10c(c9)C(CCCCCC)(CCCCCC)c9cc(-n%11c%12ccc(C(C)(C)C)cc%12c%12cc(C(C)(C)C)ccc%12%11)ccc9-%10)s8)s7)s6)s5)s4)s3)ccc2-c2ccc(-n3c4ccc(C(C)(C)C)cc4c4cc(C(C)(C)C)ccc43)cc21. The molecule has 0 amide bonds. The Kier molecular flexibility index (Phi) is 23.4. The van der Waals surface area contributed by atoms with Gasteiger partial charge in [0.05, 0.1) is 22.1 Å². The van der Waals surface area contributed by atoms with Gasteiger partial charge < -0.3 is 9.13 Å². The van der Waals surface area contributed by atoms with E-state index in [-0.39, 0.29) is 32.5 Å². The van der Waals surface area contributed by atoms with Gasteiger partial charge in [-0.15, -0.1) is 68.0 Å². The van der Waals surface area contributed by atoms with Crippen LogP contribution in [0.2, 0.25) is 0 Å². The van der Waals surface area contributed by atoms with Crippen molar-refractivity contribution in [2.24, 2.45) is 0 Å². The molecule has 8 aromatic carbocycles. The molecule has 0 aliphatic heterocycles. The fourth-order valence-corrected chi connectivity index (χ4v) is 26.9. The van der Waals surface area contributed by atoms with Crippen LogP contribution in [-0.4, -0.2) is 9.13 Å². The lowest BCUT2D eigenvalue weighted by Crippen LogP contribution is -2.26. The third-order valence-corrected chi connectivity index (χ3v) is 35.0. The van der Waals surface area contributed by atoms with Crippen molar-refractivity contribution in [1.82, 2.24) is 9.13 Å². The van der Waals surface area contributed by atoms with Gasteiger partial charge in [-0.05, 0) is 283 Å². The molecule has 0 radical (unpaired) electrons. The summed E-state index contributed by atoms with van der Waals surface area (Å²) in [5, 5.41) is 5.39. The van der Waals surface area contributed by atoms with Gasteiger partial charge in [-0.1, -0.05) is 274 Å². The molecule has 122 heavy (non-hydrogen) atoms. The Morgan fingerprint density at radius 2 is 0.443 bits per heavy atom. The molecule has 626 valence electrons. The van der Waals surface area contributed by atoms with Crippen LogP contribution in [0.25, 0.3) is 147 Å². The molecule has 2 aliphatic carbocycles. The third-order valence-electron chi connectivity index (χ3n) is 27.4. The zero-order valence-corrected chi connectivity index (χ0v) is 80.2. The monoisotopic (exact) mass is 1710 g/mol. The van der Waals surface area contributed by atoms with Crippen LogP contribution in [0.5, 0.6) is 0 Å². The minimum Gasteiger partial charge on any atom is -0.309 e. The van der Waals surface area contributed by atoms with Crippen LogP contribution in [-0.2, 0) is 32.5 Å². The molecule has 0 fully saturated rings. The lowest BCUT2D eigenvalue weighted by Gasteiger charge is -2.33. The molecule has 8 heterocycles. The first kappa shape index (κ1) is 84.4. The Hall–Kier alpha value is -8.44. The predicted octanol–water partition coefficient (Wildman–Crippen LogP) is 37.5. The van der Waals surface area contributed by atoms with Crippen molar-refractivity contribution >= 4 is 112 Å². The topological polar surface area (TPSA) is 9.86 Å². The quantitative estimate of drug-likeness (QED) is 0.0414. The first-order valence-electron chi connectivity index (χ1n) is 46.2. The number of benzene rings is 8. The van der Waals surface area contributed by atoms with Gasteiger partial charge in [-0.25, -0.2) is 0 Å². The molecule has 0 spiro atoms. The Morgan fingerprint density at radius 3 is 0.680 bits per heavy atom. The lowest BCUT2D eigenvalue weighted by molar-refractivity contribution is 0.401. The Morgan fingerprint density at radius 1 is 0.221 bits per heavy atom. The number of unbranched alkanes of at least 4 members (excludes halogenated alkanes) is 12. The van der Waals surface area contributed by atoms with Crippen molar-refractivity contribution in [3.05, 3.63) is 263 Å². The van der Waals surface area contributed by atoms with E-state index in [1.54, 1.807) is 11.1 Å². The fraction of sp³-hybridized carbons (Fsp3) is 0.368. The normalized spacial score (nSPS) is 13.9. The number of rotatable bonds is 29. The number of hydrogen-bond donors (Lipinski definition) is 0. The average Bonchev–Trinajstić information content (AvgIpc) is 1.55. The number of fused-ring (bicyclic) bond motifs is 12. The van der Waals surface area contributed by atoms with E-state index in [0.717, 1.165) is 0 Å². The van der Waals surface area contributed by atoms with Crippen LogP contribution in [0, 0.1) is 0 Å². The van der Waals surface area contributed by atoms with Gasteiger partial charge in [-0.2, -0.15) is 0 Å². The first-order valence-corrected chi connectivity index (χ1v) is 51.1. The van der Waals surface area contributed by atoms with Crippen molar-refractivity contribution in [2.75, 3.05) is 0 Å². The molecule has 18 rings (SSSR count). The molecule has 8 aromatic heterocycles. The second kappa shape index (κ2) is 33.8. The first-order chi connectivity index (χ1) is 58.7. The number of nitrogens with zero attached hydrogens (tertiary/aromatic N) is 2. The molecule has 2 aliphatic rings. The highest BCUT2D eigenvalue weighted by molar-refractivity contribution is 7.31. The van der Waals surface area contributed by atoms with E-state index < -0.39 is 0 Å². The van der Waals surface area contributed by atoms with E-state index >= 15 is 0 Å². The summed E-state index contributed by atoms with van der Waals surface area (Å²) in [6, 6.07) is 88.1. The summed E-state index contributed by atoms with van der Waals surface area (Å²) in [5.41, 5.74) is 27.8. The van der Waals surface area contributed by atoms with Gasteiger partial charge in [0.2, 0.25) is 0 Å². The second-order valence-corrected chi connectivity index (χ2v) is 46.5. The van der Waals surface area contributed by atoms with Crippen molar-refractivity contribution < 1.29 is 0 Å². The maximum absolute atomic E-state index is 2.65. The Bertz CT molecular complexity index is 5970. The van der Waals surface area contributed by atoms with Crippen molar-refractivity contribution in [3.63, 3.8) is 0 Å². The summed E-state index contributed by atoms with van der Waals surface area (Å²) in [5.74, 6) is 0. The molecule has 0 saturated heterocycles. The molecular weight excluding hydrogens is 1590 g/mol. The third kappa shape index (κ3) is 15.8. The number of thiophene rings is 6. The maximum Gasteiger partial charge on any atom is 0.0541 e. The van der Waals surface area contributed by atoms with Gasteiger partial charge >= 0.3 is 0 Å². The zero-order chi connectivity index (χ0) is 84.8. The van der Waals surface area contributed by atoms with Gasteiger partial charge in [0.1, 0.15) is 0 Å². The standard InChI is InChI=1S/C114H124N2S6/c1-17-21-25-29-61-113(62-30-26-22-18-2)89-65-73(33-41-81(89)83-43-39-79(71-91(83)113)115-93-45-35-75(109(5,6)7)67-85(93)86-68-76(110(8,9)10)36-46-94(86)115)97-49-51-99(117-97)101-53-55-103(119-101)105-57-59-107(121-105)108-60-58-106(122-108)104-56-54-102(120-104)100-52-50-98(118-100)74-34-42-82-84-44-40-80(72-92(84)114(90(82)66-74,63-31-27-23-19-3)64-32-28-24-20-4)116-95-47-37-77(111(11,12)13)69-87(95)88-70-78(112(14,15)16)38-48-96(88)116/h33-60,65-72H,17-32,61-64H2,1-16H3. The molecule has 16 aromatic rings. The predicted molar refractivity (Wildman–Crippen MR) is 543 cm³/mol. The zero-order valence-electron chi connectivity index (χ0n) is 75.3. The molecule has 0 N–H and O–H groups in total. The lowest BCUT2D eigenvalue weighted by atomic mass is 9.70. The van der Waals surface area contributed by atoms with Crippen molar-refractivity contribution in [2.45, 2.75) is 272 Å². The van der Waals surface area contributed by atoms with E-state index in [4.69, 9.17) is 0 Å². The van der Waals surface area contributed by atoms with Crippen molar-refractivity contribution in [3.8, 4) is 103 Å². The van der Waals surface area contributed by atoms with Crippen LogP contribution >= 0.6 is 68.0 Å². The maximum atomic E-state index is 2.65. The Balaban J connectivity index is 0.599. The Labute approximate surface area is 752 Å². The summed E-state index contributed by atoms with van der Waals surface area (Å²) in [6.45, 7) is 37.6. The van der Waals surface area contributed by atoms with Gasteiger partial charge in [0.25, 0.3) is 0 Å². The van der Waals surface area contributed by atoms with E-state index in [9.17, 15) is 0 Å². The number of hydrogen-bond acceptors (Lipinski definition) is 6. The fourth-order valence-electron chi connectivity index (χ4n) is 20.4. The van der Waals surface area contributed by atoms with Crippen LogP contribution < -0.4 is 0 Å². The van der Waals surface area contributed by atoms with E-state index in [0.29, 0.717) is 0 Å². The highest BCUT2D eigenvalue weighted by Gasteiger charge is 2.45. The summed E-state index contributed by atoms with van der Waals surface area (Å²) in [4.78, 5) is 16.0. The minimum absolute atomic E-state index is 0.0429. The van der Waals surface area contributed by atoms with E-state index in [1.165, 1.54) is 309 Å². The smallest absolute Gasteiger partial charge is 0.0541 e. The van der Waals surface area contributed by atoms with Gasteiger partial charge in [0, 0.05) is 102 Å². The highest BCUT2D eigenvalue weighted by Crippen LogP contribution is 2.60. The van der Waals surface area contributed by atoms with Crippen LogP contribution in [0.4, 0.5) is 0 Å². The molecule has 0 atom stereocenters. The van der Waals surface area contributed by atoms with Crippen molar-refractivity contribution in [1.29, 1.82) is 0 Å². The molecular formula is C114H124N2S6. The average molecular weight is 1710 g/mol. The summed E-state index contributed by atoms with van der Waals surface area (Å²) in [6.07, 6.45) is 24.8. The van der Waals surface area contributed by atoms with Crippen LogP contribution in [0.3, 0.4) is 0 Å². The molecule has 0 unspecified atom stereocenters. The highest BCUT2D eigenvalue weighted by atomic mass is 32.1. The molecule has 0 saturated carbocycles.